The van der Waals surface area contributed by atoms with Crippen molar-refractivity contribution in [3.8, 4) is 0 Å². The van der Waals surface area contributed by atoms with E-state index >= 15 is 0 Å². The lowest BCUT2D eigenvalue weighted by molar-refractivity contribution is -0.117. The van der Waals surface area contributed by atoms with Crippen LogP contribution in [0.5, 0.6) is 0 Å². The van der Waals surface area contributed by atoms with E-state index in [1.54, 1.807) is 11.8 Å². The van der Waals surface area contributed by atoms with Gasteiger partial charge in [-0.2, -0.15) is 4.98 Å². The number of carbonyl (C=O) groups is 1. The van der Waals surface area contributed by atoms with E-state index in [1.807, 2.05) is 30.3 Å². The topological polar surface area (TPSA) is 59.2 Å². The largest absolute Gasteiger partial charge is 0.340 e. The van der Waals surface area contributed by atoms with Crippen LogP contribution in [0.1, 0.15) is 24.1 Å². The highest BCUT2D eigenvalue weighted by molar-refractivity contribution is 5.96. The zero-order valence-corrected chi connectivity index (χ0v) is 10.0. The van der Waals surface area contributed by atoms with Crippen molar-refractivity contribution in [3.05, 3.63) is 42.0 Å². The third-order valence-corrected chi connectivity index (χ3v) is 3.10. The number of benzene rings is 1. The summed E-state index contributed by atoms with van der Waals surface area (Å²) in [5.41, 5.74) is 0.921. The van der Waals surface area contributed by atoms with E-state index in [4.69, 9.17) is 4.52 Å². The van der Waals surface area contributed by atoms with Crippen LogP contribution in [0.2, 0.25) is 0 Å². The molecule has 1 atom stereocenters. The maximum atomic E-state index is 12.0. The number of hydrogen-bond donors (Lipinski definition) is 0. The fraction of sp³-hybridized carbons (Fsp3) is 0.308. The number of anilines is 1. The first-order valence-corrected chi connectivity index (χ1v) is 5.89. The van der Waals surface area contributed by atoms with Crippen molar-refractivity contribution in [1.29, 1.82) is 0 Å². The van der Waals surface area contributed by atoms with Crippen LogP contribution in [-0.2, 0) is 4.79 Å². The predicted molar refractivity (Wildman–Crippen MR) is 65.2 cm³/mol. The van der Waals surface area contributed by atoms with Gasteiger partial charge in [-0.3, -0.25) is 4.79 Å². The van der Waals surface area contributed by atoms with Gasteiger partial charge in [-0.15, -0.1) is 0 Å². The summed E-state index contributed by atoms with van der Waals surface area (Å²) >= 11 is 0. The lowest BCUT2D eigenvalue weighted by atomic mass is 10.1. The van der Waals surface area contributed by atoms with Crippen molar-refractivity contribution in [3.63, 3.8) is 0 Å². The second-order valence-electron chi connectivity index (χ2n) is 4.41. The van der Waals surface area contributed by atoms with Gasteiger partial charge in [0.15, 0.2) is 5.82 Å². The molecule has 0 bridgehead atoms. The third kappa shape index (κ3) is 1.88. The molecule has 1 fully saturated rings. The van der Waals surface area contributed by atoms with Crippen LogP contribution in [0.4, 0.5) is 5.69 Å². The number of carbonyl (C=O) groups excluding carboxylic acids is 1. The summed E-state index contributed by atoms with van der Waals surface area (Å²) in [4.78, 5) is 18.0. The summed E-state index contributed by atoms with van der Waals surface area (Å²) in [5, 5.41) is 3.90. The normalized spacial score (nSPS) is 19.5. The maximum absolute atomic E-state index is 12.0. The van der Waals surface area contributed by atoms with Crippen LogP contribution in [-0.4, -0.2) is 22.6 Å². The van der Waals surface area contributed by atoms with Gasteiger partial charge in [-0.25, -0.2) is 0 Å². The quantitative estimate of drug-likeness (QED) is 0.808. The number of aromatic nitrogens is 2. The van der Waals surface area contributed by atoms with E-state index in [2.05, 4.69) is 10.1 Å². The summed E-state index contributed by atoms with van der Waals surface area (Å²) in [7, 11) is 0. The number of aryl methyl sites for hydroxylation is 1. The molecule has 1 amide bonds. The fourth-order valence-corrected chi connectivity index (χ4v) is 2.22. The lowest BCUT2D eigenvalue weighted by Gasteiger charge is -2.15. The SMILES string of the molecule is Cc1nc([C@H]2CC(=O)N(c3ccccc3)C2)no1. The van der Waals surface area contributed by atoms with Gasteiger partial charge in [0.05, 0.1) is 0 Å². The molecule has 5 heteroatoms. The summed E-state index contributed by atoms with van der Waals surface area (Å²) in [5.74, 6) is 1.29. The van der Waals surface area contributed by atoms with Crippen molar-refractivity contribution in [1.82, 2.24) is 10.1 Å². The molecule has 92 valence electrons. The first kappa shape index (κ1) is 11.0. The van der Waals surface area contributed by atoms with Crippen molar-refractivity contribution >= 4 is 11.6 Å². The van der Waals surface area contributed by atoms with Crippen molar-refractivity contribution in [2.75, 3.05) is 11.4 Å². The van der Waals surface area contributed by atoms with E-state index in [1.165, 1.54) is 0 Å². The molecule has 1 aliphatic heterocycles. The van der Waals surface area contributed by atoms with Gasteiger partial charge in [0.25, 0.3) is 0 Å². The minimum atomic E-state index is 0.0233. The average molecular weight is 243 g/mol. The van der Waals surface area contributed by atoms with Crippen LogP contribution in [0.15, 0.2) is 34.9 Å². The molecule has 0 unspecified atom stereocenters. The molecule has 0 spiro atoms. The number of para-hydroxylation sites is 1. The highest BCUT2D eigenvalue weighted by Crippen LogP contribution is 2.30. The zero-order chi connectivity index (χ0) is 12.5. The molecule has 1 aromatic heterocycles. The van der Waals surface area contributed by atoms with E-state index < -0.39 is 0 Å². The zero-order valence-electron chi connectivity index (χ0n) is 10.0. The molecule has 2 aromatic rings. The van der Waals surface area contributed by atoms with Gasteiger partial charge in [0.1, 0.15) is 0 Å². The Kier molecular flexibility index (Phi) is 2.59. The number of amides is 1. The van der Waals surface area contributed by atoms with Gasteiger partial charge in [0, 0.05) is 31.5 Å². The van der Waals surface area contributed by atoms with E-state index in [9.17, 15) is 4.79 Å². The van der Waals surface area contributed by atoms with E-state index in [0.29, 0.717) is 24.7 Å². The highest BCUT2D eigenvalue weighted by Gasteiger charge is 2.34. The van der Waals surface area contributed by atoms with Crippen molar-refractivity contribution in [2.45, 2.75) is 19.3 Å². The molecule has 2 heterocycles. The second kappa shape index (κ2) is 4.25. The molecular formula is C13H13N3O2. The summed E-state index contributed by atoms with van der Waals surface area (Å²) in [6.07, 6.45) is 0.438. The molecule has 1 saturated heterocycles. The molecule has 5 nitrogen and oxygen atoms in total. The van der Waals surface area contributed by atoms with Gasteiger partial charge in [-0.05, 0) is 12.1 Å². The third-order valence-electron chi connectivity index (χ3n) is 3.10. The van der Waals surface area contributed by atoms with Crippen LogP contribution in [0.25, 0.3) is 0 Å². The first-order valence-electron chi connectivity index (χ1n) is 5.89. The van der Waals surface area contributed by atoms with Gasteiger partial charge < -0.3 is 9.42 Å². The van der Waals surface area contributed by atoms with Crippen LogP contribution >= 0.6 is 0 Å². The average Bonchev–Trinajstić information content (AvgIpc) is 2.97. The Morgan fingerprint density at radius 2 is 2.11 bits per heavy atom. The molecule has 0 N–H and O–H groups in total. The maximum Gasteiger partial charge on any atom is 0.227 e. The highest BCUT2D eigenvalue weighted by atomic mass is 16.5. The Balaban J connectivity index is 1.83. The van der Waals surface area contributed by atoms with Crippen molar-refractivity contribution in [2.24, 2.45) is 0 Å². The second-order valence-corrected chi connectivity index (χ2v) is 4.41. The Morgan fingerprint density at radius 3 is 2.78 bits per heavy atom. The molecule has 3 rings (SSSR count). The molecule has 0 radical (unpaired) electrons. The van der Waals surface area contributed by atoms with Crippen LogP contribution in [0, 0.1) is 6.92 Å². The fourth-order valence-electron chi connectivity index (χ4n) is 2.22. The first-order chi connectivity index (χ1) is 8.74. The molecule has 1 aliphatic rings. The molecular weight excluding hydrogens is 230 g/mol. The summed E-state index contributed by atoms with van der Waals surface area (Å²) < 4.78 is 4.96. The van der Waals surface area contributed by atoms with Crippen LogP contribution < -0.4 is 4.90 Å². The van der Waals surface area contributed by atoms with Crippen molar-refractivity contribution < 1.29 is 9.32 Å². The predicted octanol–water partition coefficient (Wildman–Crippen LogP) is 1.90. The minimum Gasteiger partial charge on any atom is -0.340 e. The Labute approximate surface area is 104 Å². The Hall–Kier alpha value is -2.17. The smallest absolute Gasteiger partial charge is 0.227 e. The molecule has 0 saturated carbocycles. The number of hydrogen-bond acceptors (Lipinski definition) is 4. The molecule has 0 aliphatic carbocycles. The standard InChI is InChI=1S/C13H13N3O2/c1-9-14-13(15-18-9)10-7-12(17)16(8-10)11-5-3-2-4-6-11/h2-6,10H,7-8H2,1H3/t10-/m0/s1. The van der Waals surface area contributed by atoms with E-state index in [-0.39, 0.29) is 11.8 Å². The van der Waals surface area contributed by atoms with Crippen LogP contribution in [0.3, 0.4) is 0 Å². The number of rotatable bonds is 2. The number of nitrogens with zero attached hydrogens (tertiary/aromatic N) is 3. The lowest BCUT2D eigenvalue weighted by Crippen LogP contribution is -2.24. The van der Waals surface area contributed by atoms with E-state index in [0.717, 1.165) is 5.69 Å². The monoisotopic (exact) mass is 243 g/mol. The Morgan fingerprint density at radius 1 is 1.33 bits per heavy atom. The summed E-state index contributed by atoms with van der Waals surface area (Å²) in [6.45, 7) is 2.37. The summed E-state index contributed by atoms with van der Waals surface area (Å²) in [6, 6.07) is 9.65. The van der Waals surface area contributed by atoms with Gasteiger partial charge in [-0.1, -0.05) is 23.4 Å². The van der Waals surface area contributed by atoms with Gasteiger partial charge >= 0.3 is 0 Å². The Bertz CT molecular complexity index is 565. The molecule has 18 heavy (non-hydrogen) atoms. The minimum absolute atomic E-state index is 0.0233. The van der Waals surface area contributed by atoms with Gasteiger partial charge in [0.2, 0.25) is 11.8 Å². The molecule has 1 aromatic carbocycles.